The van der Waals surface area contributed by atoms with E-state index in [-0.39, 0.29) is 5.91 Å². The van der Waals surface area contributed by atoms with Crippen molar-refractivity contribution in [3.63, 3.8) is 0 Å². The number of aromatic nitrogens is 3. The average Bonchev–Trinajstić information content (AvgIpc) is 3.02. The SMILES string of the molecule is COc1ccc(-c2nnc(SCC(=O)N[C@@H]3CCCC[C@@H]3C)n2C)cc1. The quantitative estimate of drug-likeness (QED) is 0.786. The number of hydrogen-bond donors (Lipinski definition) is 1. The number of rotatable bonds is 6. The zero-order valence-electron chi connectivity index (χ0n) is 15.6. The lowest BCUT2D eigenvalue weighted by Gasteiger charge is -2.29. The summed E-state index contributed by atoms with van der Waals surface area (Å²) < 4.78 is 7.10. The number of nitrogens with zero attached hydrogens (tertiary/aromatic N) is 3. The monoisotopic (exact) mass is 374 g/mol. The Labute approximate surface area is 158 Å². The highest BCUT2D eigenvalue weighted by atomic mass is 32.2. The van der Waals surface area contributed by atoms with Crippen LogP contribution in [-0.4, -0.2) is 39.6 Å². The molecule has 0 saturated heterocycles. The van der Waals surface area contributed by atoms with Gasteiger partial charge in [-0.25, -0.2) is 0 Å². The van der Waals surface area contributed by atoms with Gasteiger partial charge in [-0.05, 0) is 43.0 Å². The molecule has 1 N–H and O–H groups in total. The van der Waals surface area contributed by atoms with Crippen molar-refractivity contribution in [1.82, 2.24) is 20.1 Å². The van der Waals surface area contributed by atoms with Crippen LogP contribution >= 0.6 is 11.8 Å². The molecule has 140 valence electrons. The molecule has 1 saturated carbocycles. The third-order valence-corrected chi connectivity index (χ3v) is 5.99. The Morgan fingerprint density at radius 3 is 2.69 bits per heavy atom. The summed E-state index contributed by atoms with van der Waals surface area (Å²) in [6, 6.07) is 8.01. The second kappa shape index (κ2) is 8.58. The summed E-state index contributed by atoms with van der Waals surface area (Å²) in [5.74, 6) is 2.57. The molecule has 0 aliphatic heterocycles. The number of hydrogen-bond acceptors (Lipinski definition) is 5. The van der Waals surface area contributed by atoms with Gasteiger partial charge in [0.2, 0.25) is 5.91 Å². The topological polar surface area (TPSA) is 69.0 Å². The molecule has 1 fully saturated rings. The Morgan fingerprint density at radius 1 is 1.27 bits per heavy atom. The maximum absolute atomic E-state index is 12.3. The van der Waals surface area contributed by atoms with Crippen molar-refractivity contribution in [3.8, 4) is 17.1 Å². The number of amides is 1. The number of ether oxygens (including phenoxy) is 1. The zero-order chi connectivity index (χ0) is 18.5. The largest absolute Gasteiger partial charge is 0.497 e. The van der Waals surface area contributed by atoms with E-state index in [1.165, 1.54) is 31.0 Å². The van der Waals surface area contributed by atoms with E-state index in [1.54, 1.807) is 7.11 Å². The number of methoxy groups -OCH3 is 1. The molecule has 0 unspecified atom stereocenters. The molecule has 6 nitrogen and oxygen atoms in total. The highest BCUT2D eigenvalue weighted by molar-refractivity contribution is 7.99. The average molecular weight is 375 g/mol. The van der Waals surface area contributed by atoms with Crippen LogP contribution in [0, 0.1) is 5.92 Å². The second-order valence-corrected chi connectivity index (χ2v) is 7.76. The lowest BCUT2D eigenvalue weighted by molar-refractivity contribution is -0.119. The minimum absolute atomic E-state index is 0.0720. The van der Waals surface area contributed by atoms with Gasteiger partial charge in [-0.2, -0.15) is 0 Å². The van der Waals surface area contributed by atoms with E-state index >= 15 is 0 Å². The van der Waals surface area contributed by atoms with E-state index in [2.05, 4.69) is 22.4 Å². The van der Waals surface area contributed by atoms with Crippen LogP contribution in [-0.2, 0) is 11.8 Å². The molecule has 2 atom stereocenters. The fraction of sp³-hybridized carbons (Fsp3) is 0.526. The summed E-state index contributed by atoms with van der Waals surface area (Å²) in [5, 5.41) is 12.4. The van der Waals surface area contributed by atoms with Crippen LogP contribution in [0.25, 0.3) is 11.4 Å². The first-order chi connectivity index (χ1) is 12.6. The van der Waals surface area contributed by atoms with Crippen molar-refractivity contribution in [1.29, 1.82) is 0 Å². The molecular formula is C19H26N4O2S. The molecule has 2 aromatic rings. The van der Waals surface area contributed by atoms with Crippen LogP contribution in [0.4, 0.5) is 0 Å². The van der Waals surface area contributed by atoms with Gasteiger partial charge in [0, 0.05) is 18.7 Å². The van der Waals surface area contributed by atoms with Crippen LogP contribution in [0.2, 0.25) is 0 Å². The molecule has 0 radical (unpaired) electrons. The standard InChI is InChI=1S/C19H26N4O2S/c1-13-6-4-5-7-16(13)20-17(24)12-26-19-22-21-18(23(19)2)14-8-10-15(25-3)11-9-14/h8-11,13,16H,4-7,12H2,1-3H3,(H,20,24)/t13-,16+/m0/s1. The molecule has 0 spiro atoms. The Bertz CT molecular complexity index is 744. The van der Waals surface area contributed by atoms with Crippen molar-refractivity contribution in [2.45, 2.75) is 43.8 Å². The maximum Gasteiger partial charge on any atom is 0.230 e. The number of thioether (sulfide) groups is 1. The third kappa shape index (κ3) is 4.38. The Morgan fingerprint density at radius 2 is 2.00 bits per heavy atom. The third-order valence-electron chi connectivity index (χ3n) is 4.97. The van der Waals surface area contributed by atoms with Gasteiger partial charge in [-0.15, -0.1) is 10.2 Å². The molecular weight excluding hydrogens is 348 g/mol. The summed E-state index contributed by atoms with van der Waals surface area (Å²) in [6.07, 6.45) is 4.77. The van der Waals surface area contributed by atoms with Crippen LogP contribution < -0.4 is 10.1 Å². The molecule has 1 heterocycles. The van der Waals surface area contributed by atoms with Crippen LogP contribution in [0.5, 0.6) is 5.75 Å². The molecule has 1 aliphatic rings. The van der Waals surface area contributed by atoms with Crippen LogP contribution in [0.3, 0.4) is 0 Å². The lowest BCUT2D eigenvalue weighted by Crippen LogP contribution is -2.41. The molecule has 7 heteroatoms. The van der Waals surface area contributed by atoms with Gasteiger partial charge in [0.05, 0.1) is 12.9 Å². The number of benzene rings is 1. The zero-order valence-corrected chi connectivity index (χ0v) is 16.4. The smallest absolute Gasteiger partial charge is 0.230 e. The van der Waals surface area contributed by atoms with E-state index in [1.807, 2.05) is 35.9 Å². The fourth-order valence-corrected chi connectivity index (χ4v) is 4.06. The molecule has 1 aromatic heterocycles. The van der Waals surface area contributed by atoms with E-state index in [0.717, 1.165) is 28.7 Å². The summed E-state index contributed by atoms with van der Waals surface area (Å²) in [7, 11) is 3.56. The number of carbonyl (C=O) groups is 1. The Hall–Kier alpha value is -2.02. The van der Waals surface area contributed by atoms with Gasteiger partial charge < -0.3 is 14.6 Å². The van der Waals surface area contributed by atoms with Crippen LogP contribution in [0.15, 0.2) is 29.4 Å². The fourth-order valence-electron chi connectivity index (χ4n) is 3.34. The summed E-state index contributed by atoms with van der Waals surface area (Å²) in [6.45, 7) is 2.22. The maximum atomic E-state index is 12.3. The molecule has 0 bridgehead atoms. The molecule has 3 rings (SSSR count). The highest BCUT2D eigenvalue weighted by Gasteiger charge is 2.23. The predicted molar refractivity (Wildman–Crippen MR) is 103 cm³/mol. The molecule has 1 aliphatic carbocycles. The van der Waals surface area contributed by atoms with Gasteiger partial charge in [0.15, 0.2) is 11.0 Å². The predicted octanol–water partition coefficient (Wildman–Crippen LogP) is 3.28. The van der Waals surface area contributed by atoms with E-state index in [0.29, 0.717) is 17.7 Å². The number of carbonyl (C=O) groups excluding carboxylic acids is 1. The van der Waals surface area contributed by atoms with Gasteiger partial charge in [-0.3, -0.25) is 4.79 Å². The first-order valence-electron chi connectivity index (χ1n) is 9.04. The van der Waals surface area contributed by atoms with E-state index in [9.17, 15) is 4.79 Å². The summed E-state index contributed by atoms with van der Waals surface area (Å²) in [4.78, 5) is 12.3. The van der Waals surface area contributed by atoms with E-state index < -0.39 is 0 Å². The summed E-state index contributed by atoms with van der Waals surface area (Å²) >= 11 is 1.42. The van der Waals surface area contributed by atoms with Crippen molar-refractivity contribution >= 4 is 17.7 Å². The van der Waals surface area contributed by atoms with Crippen molar-refractivity contribution in [2.24, 2.45) is 13.0 Å². The first kappa shape index (κ1) is 18.8. The van der Waals surface area contributed by atoms with Gasteiger partial charge >= 0.3 is 0 Å². The van der Waals surface area contributed by atoms with Crippen molar-refractivity contribution < 1.29 is 9.53 Å². The highest BCUT2D eigenvalue weighted by Crippen LogP contribution is 2.26. The van der Waals surface area contributed by atoms with Gasteiger partial charge in [-0.1, -0.05) is 31.5 Å². The first-order valence-corrected chi connectivity index (χ1v) is 10.0. The normalized spacial score (nSPS) is 20.0. The van der Waals surface area contributed by atoms with E-state index in [4.69, 9.17) is 4.74 Å². The minimum atomic E-state index is 0.0720. The second-order valence-electron chi connectivity index (χ2n) is 6.82. The molecule has 1 aromatic carbocycles. The van der Waals surface area contributed by atoms with Gasteiger partial charge in [0.25, 0.3) is 0 Å². The molecule has 1 amide bonds. The summed E-state index contributed by atoms with van der Waals surface area (Å²) in [5.41, 5.74) is 0.966. The minimum Gasteiger partial charge on any atom is -0.497 e. The van der Waals surface area contributed by atoms with Crippen LogP contribution in [0.1, 0.15) is 32.6 Å². The lowest BCUT2D eigenvalue weighted by atomic mass is 9.86. The van der Waals surface area contributed by atoms with Crippen molar-refractivity contribution in [2.75, 3.05) is 12.9 Å². The Kier molecular flexibility index (Phi) is 6.19. The van der Waals surface area contributed by atoms with Crippen molar-refractivity contribution in [3.05, 3.63) is 24.3 Å². The van der Waals surface area contributed by atoms with Gasteiger partial charge in [0.1, 0.15) is 5.75 Å². The number of nitrogens with one attached hydrogen (secondary N) is 1. The Balaban J connectivity index is 1.58. The molecule has 26 heavy (non-hydrogen) atoms.